The Morgan fingerprint density at radius 1 is 1.40 bits per heavy atom. The zero-order valence-electron chi connectivity index (χ0n) is 6.31. The summed E-state index contributed by atoms with van der Waals surface area (Å²) in [5.41, 5.74) is -1.00. The van der Waals surface area contributed by atoms with Gasteiger partial charge < -0.3 is 0 Å². The molecule has 0 atom stereocenters. The summed E-state index contributed by atoms with van der Waals surface area (Å²) in [5, 5.41) is 19.8. The van der Waals surface area contributed by atoms with Crippen LogP contribution in [-0.2, 0) is 0 Å². The minimum Gasteiger partial charge on any atom is -0.288 e. The molecule has 10 heavy (non-hydrogen) atoms. The van der Waals surface area contributed by atoms with Crippen molar-refractivity contribution in [2.75, 3.05) is 6.54 Å². The molecule has 3 nitrogen and oxygen atoms in total. The molecule has 0 fully saturated rings. The SMILES string of the molecule is CCCNC(C)(C#N)C#N. The van der Waals surface area contributed by atoms with Gasteiger partial charge in [-0.15, -0.1) is 0 Å². The first-order chi connectivity index (χ1) is 4.68. The van der Waals surface area contributed by atoms with Crippen LogP contribution in [0.2, 0.25) is 0 Å². The average Bonchev–Trinajstić information content (AvgIpc) is 2.00. The molecule has 0 unspecified atom stereocenters. The maximum absolute atomic E-state index is 8.48. The minimum atomic E-state index is -1.00. The van der Waals surface area contributed by atoms with E-state index in [1.165, 1.54) is 0 Å². The van der Waals surface area contributed by atoms with E-state index in [4.69, 9.17) is 10.5 Å². The van der Waals surface area contributed by atoms with Crippen LogP contribution >= 0.6 is 0 Å². The molecule has 1 N–H and O–H groups in total. The quantitative estimate of drug-likeness (QED) is 0.625. The number of nitrogens with one attached hydrogen (secondary N) is 1. The summed E-state index contributed by atoms with van der Waals surface area (Å²) in [7, 11) is 0. The molecule has 0 aliphatic carbocycles. The second-order valence-electron chi connectivity index (χ2n) is 2.28. The standard InChI is InChI=1S/C7H11N3/c1-3-4-10-7(2,5-8)6-9/h10H,3-4H2,1-2H3. The largest absolute Gasteiger partial charge is 0.288 e. The summed E-state index contributed by atoms with van der Waals surface area (Å²) in [6, 6.07) is 3.78. The first-order valence-corrected chi connectivity index (χ1v) is 3.26. The molecule has 0 aliphatic rings. The monoisotopic (exact) mass is 137 g/mol. The van der Waals surface area contributed by atoms with Crippen LogP contribution in [-0.4, -0.2) is 12.1 Å². The molecule has 0 bridgehead atoms. The molecule has 0 aromatic heterocycles. The van der Waals surface area contributed by atoms with Crippen LogP contribution in [0.25, 0.3) is 0 Å². The second-order valence-corrected chi connectivity index (χ2v) is 2.28. The van der Waals surface area contributed by atoms with Crippen LogP contribution in [0.15, 0.2) is 0 Å². The van der Waals surface area contributed by atoms with E-state index < -0.39 is 5.54 Å². The van der Waals surface area contributed by atoms with E-state index >= 15 is 0 Å². The van der Waals surface area contributed by atoms with Crippen molar-refractivity contribution in [2.45, 2.75) is 25.8 Å². The summed E-state index contributed by atoms with van der Waals surface area (Å²) in [6.07, 6.45) is 0.930. The fraction of sp³-hybridized carbons (Fsp3) is 0.714. The molecule has 3 heteroatoms. The van der Waals surface area contributed by atoms with Crippen LogP contribution in [0.5, 0.6) is 0 Å². The van der Waals surface area contributed by atoms with Gasteiger partial charge >= 0.3 is 0 Å². The Morgan fingerprint density at radius 3 is 2.20 bits per heavy atom. The van der Waals surface area contributed by atoms with Crippen molar-refractivity contribution in [2.24, 2.45) is 0 Å². The van der Waals surface area contributed by atoms with Gasteiger partial charge in [-0.05, 0) is 19.9 Å². The topological polar surface area (TPSA) is 59.6 Å². The van der Waals surface area contributed by atoms with E-state index in [1.54, 1.807) is 6.92 Å². The lowest BCUT2D eigenvalue weighted by atomic mass is 10.1. The van der Waals surface area contributed by atoms with Crippen LogP contribution in [0.1, 0.15) is 20.3 Å². The lowest BCUT2D eigenvalue weighted by molar-refractivity contribution is 0.543. The van der Waals surface area contributed by atoms with Gasteiger partial charge in [0.15, 0.2) is 5.54 Å². The van der Waals surface area contributed by atoms with Gasteiger partial charge in [0, 0.05) is 0 Å². The highest BCUT2D eigenvalue weighted by atomic mass is 15.0. The molecule has 0 heterocycles. The lowest BCUT2D eigenvalue weighted by Crippen LogP contribution is -2.39. The summed E-state index contributed by atoms with van der Waals surface area (Å²) in [4.78, 5) is 0. The second kappa shape index (κ2) is 3.87. The van der Waals surface area contributed by atoms with Crippen molar-refractivity contribution in [3.63, 3.8) is 0 Å². The fourth-order valence-corrected chi connectivity index (χ4v) is 0.479. The van der Waals surface area contributed by atoms with Gasteiger partial charge in [-0.25, -0.2) is 0 Å². The van der Waals surface area contributed by atoms with Gasteiger partial charge in [-0.1, -0.05) is 6.92 Å². The molecule has 0 radical (unpaired) electrons. The van der Waals surface area contributed by atoms with Crippen molar-refractivity contribution in [3.05, 3.63) is 0 Å². The predicted molar refractivity (Wildman–Crippen MR) is 37.9 cm³/mol. The Labute approximate surface area is 61.3 Å². The third-order valence-electron chi connectivity index (χ3n) is 1.18. The Morgan fingerprint density at radius 2 is 1.90 bits per heavy atom. The summed E-state index contributed by atoms with van der Waals surface area (Å²) < 4.78 is 0. The Balaban J connectivity index is 3.88. The number of nitrogens with zero attached hydrogens (tertiary/aromatic N) is 2. The van der Waals surface area contributed by atoms with E-state index in [0.29, 0.717) is 6.54 Å². The zero-order valence-corrected chi connectivity index (χ0v) is 6.31. The van der Waals surface area contributed by atoms with E-state index in [1.807, 2.05) is 19.1 Å². The van der Waals surface area contributed by atoms with Crippen molar-refractivity contribution in [1.29, 1.82) is 10.5 Å². The number of rotatable bonds is 3. The first-order valence-electron chi connectivity index (χ1n) is 3.26. The van der Waals surface area contributed by atoms with E-state index in [9.17, 15) is 0 Å². The number of nitriles is 2. The van der Waals surface area contributed by atoms with Crippen molar-refractivity contribution in [3.8, 4) is 12.1 Å². The van der Waals surface area contributed by atoms with Crippen molar-refractivity contribution in [1.82, 2.24) is 5.32 Å². The van der Waals surface area contributed by atoms with Gasteiger partial charge in [0.1, 0.15) is 12.1 Å². The third kappa shape index (κ3) is 2.48. The molecule has 0 spiro atoms. The Bertz CT molecular complexity index is 158. The maximum atomic E-state index is 8.48. The highest BCUT2D eigenvalue weighted by Gasteiger charge is 2.20. The molecule has 0 saturated heterocycles. The lowest BCUT2D eigenvalue weighted by Gasteiger charge is -2.12. The first kappa shape index (κ1) is 8.94. The van der Waals surface area contributed by atoms with Gasteiger partial charge in [-0.3, -0.25) is 5.32 Å². The number of hydrogen-bond acceptors (Lipinski definition) is 3. The molecule has 0 aliphatic heterocycles. The van der Waals surface area contributed by atoms with Crippen LogP contribution in [0.4, 0.5) is 0 Å². The van der Waals surface area contributed by atoms with Crippen LogP contribution < -0.4 is 5.32 Å². The van der Waals surface area contributed by atoms with Crippen molar-refractivity contribution < 1.29 is 0 Å². The summed E-state index contributed by atoms with van der Waals surface area (Å²) in [5.74, 6) is 0. The Hall–Kier alpha value is -1.06. The number of hydrogen-bond donors (Lipinski definition) is 1. The predicted octanol–water partition coefficient (Wildman–Crippen LogP) is 0.792. The molecule has 54 valence electrons. The highest BCUT2D eigenvalue weighted by molar-refractivity contribution is 5.18. The molecular weight excluding hydrogens is 126 g/mol. The van der Waals surface area contributed by atoms with E-state index in [0.717, 1.165) is 6.42 Å². The average molecular weight is 137 g/mol. The zero-order chi connectivity index (χ0) is 8.04. The minimum absolute atomic E-state index is 0.706. The molecule has 0 saturated carbocycles. The molecule has 0 amide bonds. The normalized spacial score (nSPS) is 10.0. The maximum Gasteiger partial charge on any atom is 0.191 e. The van der Waals surface area contributed by atoms with Crippen molar-refractivity contribution >= 4 is 0 Å². The summed E-state index contributed by atoms with van der Waals surface area (Å²) >= 11 is 0. The molecule has 0 aromatic carbocycles. The van der Waals surface area contributed by atoms with Crippen LogP contribution in [0.3, 0.4) is 0 Å². The fourth-order valence-electron chi connectivity index (χ4n) is 0.479. The van der Waals surface area contributed by atoms with E-state index in [2.05, 4.69) is 5.32 Å². The smallest absolute Gasteiger partial charge is 0.191 e. The highest BCUT2D eigenvalue weighted by Crippen LogP contribution is 1.97. The van der Waals surface area contributed by atoms with Gasteiger partial charge in [0.25, 0.3) is 0 Å². The molecular formula is C7H11N3. The Kier molecular flexibility index (Phi) is 3.46. The van der Waals surface area contributed by atoms with Gasteiger partial charge in [0.2, 0.25) is 0 Å². The van der Waals surface area contributed by atoms with E-state index in [-0.39, 0.29) is 0 Å². The molecule has 0 aromatic rings. The summed E-state index contributed by atoms with van der Waals surface area (Å²) in [6.45, 7) is 4.27. The molecule has 0 rings (SSSR count). The van der Waals surface area contributed by atoms with Gasteiger partial charge in [0.05, 0.1) is 0 Å². The van der Waals surface area contributed by atoms with Crippen LogP contribution in [0, 0.1) is 22.7 Å². The van der Waals surface area contributed by atoms with Gasteiger partial charge in [-0.2, -0.15) is 10.5 Å². The third-order valence-corrected chi connectivity index (χ3v) is 1.18.